The van der Waals surface area contributed by atoms with Crippen LogP contribution in [0, 0.1) is 0 Å². The Hall–Kier alpha value is -3.51. The number of carbonyl (C=O) groups is 2. The van der Waals surface area contributed by atoms with Gasteiger partial charge in [-0.3, -0.25) is 19.0 Å². The average Bonchev–Trinajstić information content (AvgIpc) is 3.58. The first kappa shape index (κ1) is 25.6. The van der Waals surface area contributed by atoms with Gasteiger partial charge in [0.15, 0.2) is 5.65 Å². The van der Waals surface area contributed by atoms with Gasteiger partial charge in [0.05, 0.1) is 30.5 Å². The summed E-state index contributed by atoms with van der Waals surface area (Å²) >= 11 is 3.01. The third-order valence-electron chi connectivity index (χ3n) is 5.55. The average molecular weight is 524 g/mol. The molecule has 186 valence electrons. The van der Waals surface area contributed by atoms with Gasteiger partial charge in [0, 0.05) is 28.6 Å². The number of carbonyl (C=O) groups excluding carboxylic acids is 2. The van der Waals surface area contributed by atoms with Crippen LogP contribution in [0.15, 0.2) is 63.2 Å². The maximum atomic E-state index is 13.2. The van der Waals surface area contributed by atoms with Gasteiger partial charge in [-0.1, -0.05) is 6.07 Å². The van der Waals surface area contributed by atoms with Crippen molar-refractivity contribution in [1.29, 1.82) is 0 Å². The van der Waals surface area contributed by atoms with Crippen LogP contribution in [0.25, 0.3) is 16.9 Å². The fourth-order valence-corrected chi connectivity index (χ4v) is 4.96. The highest BCUT2D eigenvalue weighted by molar-refractivity contribution is 7.98. The van der Waals surface area contributed by atoms with Crippen molar-refractivity contribution in [2.24, 2.45) is 4.99 Å². The Morgan fingerprint density at radius 2 is 2.03 bits per heavy atom. The second kappa shape index (κ2) is 11.5. The number of nitrogens with zero attached hydrogens (tertiary/aromatic N) is 3. The molecule has 0 aliphatic heterocycles. The van der Waals surface area contributed by atoms with Crippen LogP contribution in [-0.2, 0) is 6.54 Å². The molecular weight excluding hydrogens is 498 g/mol. The van der Waals surface area contributed by atoms with E-state index in [4.69, 9.17) is 0 Å². The summed E-state index contributed by atoms with van der Waals surface area (Å²) in [6.45, 7) is 3.05. The molecule has 0 bridgehead atoms. The summed E-state index contributed by atoms with van der Waals surface area (Å²) in [4.78, 5) is 36.0. The lowest BCUT2D eigenvalue weighted by Crippen LogP contribution is -2.40. The summed E-state index contributed by atoms with van der Waals surface area (Å²) in [6, 6.07) is 10.0. The molecule has 0 unspecified atom stereocenters. The first-order valence-electron chi connectivity index (χ1n) is 11.0. The molecule has 4 rings (SSSR count). The highest BCUT2D eigenvalue weighted by Crippen LogP contribution is 2.29. The van der Waals surface area contributed by atoms with Crippen molar-refractivity contribution in [3.63, 3.8) is 0 Å². The van der Waals surface area contributed by atoms with Crippen LogP contribution >= 0.6 is 23.1 Å². The van der Waals surface area contributed by atoms with Gasteiger partial charge in [0.25, 0.3) is 11.8 Å². The number of aliphatic imine (C=N–C) groups is 1. The molecule has 3 aromatic heterocycles. The number of aliphatic hydroxyl groups is 2. The highest BCUT2D eigenvalue weighted by Gasteiger charge is 2.25. The highest BCUT2D eigenvalue weighted by atomic mass is 32.2. The maximum Gasteiger partial charge on any atom is 0.270 e. The molecule has 4 N–H and O–H groups in total. The number of thioether (sulfide) groups is 1. The van der Waals surface area contributed by atoms with Crippen LogP contribution in [0.5, 0.6) is 0 Å². The molecule has 0 aliphatic carbocycles. The fourth-order valence-electron chi connectivity index (χ4n) is 3.71. The predicted molar refractivity (Wildman–Crippen MR) is 143 cm³/mol. The molecule has 0 radical (unpaired) electrons. The van der Waals surface area contributed by atoms with Crippen molar-refractivity contribution in [3.05, 3.63) is 70.2 Å². The monoisotopic (exact) mass is 523 g/mol. The summed E-state index contributed by atoms with van der Waals surface area (Å²) in [6.07, 6.45) is 3.61. The standard InChI is InChI=1S/C25H25N5O4S2/c1-26-19-6-5-15(10-20(19)35-2)11-27-24(33)18-4-3-8-30-22(25(34)28-17(12-31)13-32)21(29-23(18)30)16-7-9-36-14-16/h3-10,14,17,31-32H,1,11-13H2,2H3,(H,27,33)(H,28,34). The quantitative estimate of drug-likeness (QED) is 0.187. The van der Waals surface area contributed by atoms with Gasteiger partial charge in [-0.05, 0) is 54.2 Å². The molecule has 0 aliphatic rings. The molecule has 0 fully saturated rings. The Balaban J connectivity index is 1.68. The van der Waals surface area contributed by atoms with E-state index in [-0.39, 0.29) is 11.6 Å². The molecular formula is C25H25N5O4S2. The zero-order valence-corrected chi connectivity index (χ0v) is 21.1. The topological polar surface area (TPSA) is 128 Å². The second-order valence-corrected chi connectivity index (χ2v) is 9.45. The second-order valence-electron chi connectivity index (χ2n) is 7.82. The van der Waals surface area contributed by atoms with Gasteiger partial charge in [-0.25, -0.2) is 4.98 Å². The maximum absolute atomic E-state index is 13.2. The molecule has 0 saturated heterocycles. The largest absolute Gasteiger partial charge is 0.394 e. The van der Waals surface area contributed by atoms with Gasteiger partial charge in [-0.15, -0.1) is 11.8 Å². The fraction of sp³-hybridized carbons (Fsp3) is 0.200. The number of benzene rings is 1. The van der Waals surface area contributed by atoms with Crippen LogP contribution in [-0.4, -0.2) is 63.6 Å². The minimum absolute atomic E-state index is 0.210. The Labute approximate surface area is 215 Å². The molecule has 2 amide bonds. The summed E-state index contributed by atoms with van der Waals surface area (Å²) in [5, 5.41) is 28.1. The number of amides is 2. The van der Waals surface area contributed by atoms with Gasteiger partial charge in [0.1, 0.15) is 11.4 Å². The van der Waals surface area contributed by atoms with E-state index in [0.29, 0.717) is 23.4 Å². The summed E-state index contributed by atoms with van der Waals surface area (Å²) in [7, 11) is 0. The molecule has 1 aromatic carbocycles. The van der Waals surface area contributed by atoms with E-state index < -0.39 is 25.2 Å². The SMILES string of the molecule is C=Nc1ccc(CNC(=O)c2cccn3c(C(=O)NC(CO)CO)c(-c4ccsc4)nc23)cc1SC. The van der Waals surface area contributed by atoms with Crippen molar-refractivity contribution in [3.8, 4) is 11.3 Å². The minimum atomic E-state index is -0.821. The molecule has 0 saturated carbocycles. The molecule has 9 nitrogen and oxygen atoms in total. The third kappa shape index (κ3) is 5.19. The van der Waals surface area contributed by atoms with Gasteiger partial charge in [0.2, 0.25) is 0 Å². The Morgan fingerprint density at radius 3 is 2.69 bits per heavy atom. The number of hydrogen-bond acceptors (Lipinski definition) is 8. The van der Waals surface area contributed by atoms with Gasteiger partial charge >= 0.3 is 0 Å². The number of aromatic nitrogens is 2. The number of fused-ring (bicyclic) bond motifs is 1. The molecule has 0 atom stereocenters. The summed E-state index contributed by atoms with van der Waals surface area (Å²) < 4.78 is 1.55. The van der Waals surface area contributed by atoms with Crippen molar-refractivity contribution in [2.45, 2.75) is 17.5 Å². The first-order chi connectivity index (χ1) is 17.5. The van der Waals surface area contributed by atoms with Gasteiger partial charge < -0.3 is 20.8 Å². The molecule has 4 aromatic rings. The lowest BCUT2D eigenvalue weighted by molar-refractivity contribution is 0.0873. The van der Waals surface area contributed by atoms with E-state index in [2.05, 4.69) is 27.3 Å². The van der Waals surface area contributed by atoms with Crippen LogP contribution in [0.3, 0.4) is 0 Å². The predicted octanol–water partition coefficient (Wildman–Crippen LogP) is 3.13. The number of thiophene rings is 1. The van der Waals surface area contributed by atoms with E-state index in [1.54, 1.807) is 34.5 Å². The van der Waals surface area contributed by atoms with Crippen LogP contribution in [0.2, 0.25) is 0 Å². The molecule has 36 heavy (non-hydrogen) atoms. The van der Waals surface area contributed by atoms with E-state index in [1.807, 2.05) is 41.3 Å². The Kier molecular flexibility index (Phi) is 8.16. The van der Waals surface area contributed by atoms with E-state index >= 15 is 0 Å². The van der Waals surface area contributed by atoms with Crippen LogP contribution in [0.1, 0.15) is 26.4 Å². The zero-order chi connectivity index (χ0) is 25.7. The van der Waals surface area contributed by atoms with Crippen LogP contribution in [0.4, 0.5) is 5.69 Å². The number of imidazole rings is 1. The smallest absolute Gasteiger partial charge is 0.270 e. The zero-order valence-electron chi connectivity index (χ0n) is 19.5. The Morgan fingerprint density at radius 1 is 1.22 bits per heavy atom. The van der Waals surface area contributed by atoms with Crippen LogP contribution < -0.4 is 10.6 Å². The number of nitrogens with one attached hydrogen (secondary N) is 2. The summed E-state index contributed by atoms with van der Waals surface area (Å²) in [5.41, 5.74) is 3.67. The van der Waals surface area contributed by atoms with E-state index in [0.717, 1.165) is 21.7 Å². The first-order valence-corrected chi connectivity index (χ1v) is 13.2. The lowest BCUT2D eigenvalue weighted by atomic mass is 10.2. The minimum Gasteiger partial charge on any atom is -0.394 e. The number of rotatable bonds is 10. The summed E-state index contributed by atoms with van der Waals surface area (Å²) in [5.74, 6) is -0.857. The third-order valence-corrected chi connectivity index (χ3v) is 7.00. The van der Waals surface area contributed by atoms with Crippen molar-refractivity contribution >= 4 is 53.0 Å². The van der Waals surface area contributed by atoms with Gasteiger partial charge in [-0.2, -0.15) is 11.3 Å². The van der Waals surface area contributed by atoms with Crippen molar-refractivity contribution in [2.75, 3.05) is 19.5 Å². The van der Waals surface area contributed by atoms with Crippen molar-refractivity contribution in [1.82, 2.24) is 20.0 Å². The number of pyridine rings is 1. The molecule has 0 spiro atoms. The van der Waals surface area contributed by atoms with Crippen molar-refractivity contribution < 1.29 is 19.8 Å². The number of aliphatic hydroxyl groups excluding tert-OH is 2. The Bertz CT molecular complexity index is 1400. The lowest BCUT2D eigenvalue weighted by Gasteiger charge is -2.14. The normalized spacial score (nSPS) is 11.1. The number of hydrogen-bond donors (Lipinski definition) is 4. The van der Waals surface area contributed by atoms with E-state index in [9.17, 15) is 19.8 Å². The molecule has 11 heteroatoms. The molecule has 3 heterocycles. The van der Waals surface area contributed by atoms with E-state index in [1.165, 1.54) is 11.3 Å².